The zero-order valence-corrected chi connectivity index (χ0v) is 18.2. The highest BCUT2D eigenvalue weighted by Gasteiger charge is 2.46. The number of carbonyl (C=O) groups is 1. The minimum Gasteiger partial charge on any atom is -0.370 e. The van der Waals surface area contributed by atoms with E-state index in [1.807, 2.05) is 37.5 Å². The van der Waals surface area contributed by atoms with E-state index in [0.29, 0.717) is 43.6 Å². The number of nitrogens with one attached hydrogen (secondary N) is 1. The Morgan fingerprint density at radius 2 is 1.67 bits per heavy atom. The number of aryl methyl sites for hydroxylation is 1. The molecule has 0 atom stereocenters. The van der Waals surface area contributed by atoms with Crippen molar-refractivity contribution < 1.29 is 18.0 Å². The first kappa shape index (κ1) is 21.5. The average Bonchev–Trinajstić information content (AvgIpc) is 3.39. The van der Waals surface area contributed by atoms with Gasteiger partial charge < -0.3 is 10.2 Å². The lowest BCUT2D eigenvalue weighted by Gasteiger charge is -2.40. The van der Waals surface area contributed by atoms with E-state index in [2.05, 4.69) is 15.4 Å². The number of aromatic nitrogens is 3. The van der Waals surface area contributed by atoms with Crippen molar-refractivity contribution in [3.8, 4) is 22.3 Å². The molecule has 6 nitrogen and oxygen atoms in total. The lowest BCUT2D eigenvalue weighted by Crippen LogP contribution is -2.44. The summed E-state index contributed by atoms with van der Waals surface area (Å²) in [4.78, 5) is 18.0. The minimum absolute atomic E-state index is 0.0270. The van der Waals surface area contributed by atoms with E-state index in [1.165, 1.54) is 6.20 Å². The van der Waals surface area contributed by atoms with Gasteiger partial charge in [-0.05, 0) is 30.4 Å². The molecule has 33 heavy (non-hydrogen) atoms. The Balaban J connectivity index is 1.51. The Bertz CT molecular complexity index is 1180. The standard InChI is InChI=1S/C24H24F3N5O/c1-31-15-18(12-30-31)16-2-4-17(5-3-16)19-13-28-14-20(24(25,26)27)21(19)32-10-7-23(8-11-32)6-9-29-22(23)33/h2-5,12-15H,6-11H2,1H3,(H,29,33). The molecule has 2 aliphatic rings. The van der Waals surface area contributed by atoms with Gasteiger partial charge in [-0.15, -0.1) is 0 Å². The van der Waals surface area contributed by atoms with Crippen LogP contribution in [-0.2, 0) is 18.0 Å². The van der Waals surface area contributed by atoms with Crippen molar-refractivity contribution in [3.05, 3.63) is 54.6 Å². The van der Waals surface area contributed by atoms with E-state index in [9.17, 15) is 18.0 Å². The predicted octanol–water partition coefficient (Wildman–Crippen LogP) is 4.27. The summed E-state index contributed by atoms with van der Waals surface area (Å²) >= 11 is 0. The first-order valence-corrected chi connectivity index (χ1v) is 10.9. The first-order chi connectivity index (χ1) is 15.8. The molecule has 1 amide bonds. The van der Waals surface area contributed by atoms with Crippen LogP contribution in [0.25, 0.3) is 22.3 Å². The largest absolute Gasteiger partial charge is 0.419 e. The van der Waals surface area contributed by atoms with Crippen molar-refractivity contribution in [3.63, 3.8) is 0 Å². The van der Waals surface area contributed by atoms with E-state index in [-0.39, 0.29) is 11.6 Å². The van der Waals surface area contributed by atoms with Crippen molar-refractivity contribution in [2.24, 2.45) is 12.5 Å². The second-order valence-corrected chi connectivity index (χ2v) is 8.83. The van der Waals surface area contributed by atoms with Crippen LogP contribution in [0.3, 0.4) is 0 Å². The highest BCUT2D eigenvalue weighted by Crippen LogP contribution is 2.45. The van der Waals surface area contributed by atoms with Gasteiger partial charge in [-0.2, -0.15) is 18.3 Å². The minimum atomic E-state index is -4.53. The molecule has 3 aromatic rings. The molecule has 5 rings (SSSR count). The van der Waals surface area contributed by atoms with Crippen LogP contribution in [0.2, 0.25) is 0 Å². The van der Waals surface area contributed by atoms with Crippen LogP contribution in [0.1, 0.15) is 24.8 Å². The molecule has 1 N–H and O–H groups in total. The summed E-state index contributed by atoms with van der Waals surface area (Å²) in [6, 6.07) is 7.40. The topological polar surface area (TPSA) is 63.1 Å². The Kier molecular flexibility index (Phi) is 5.14. The monoisotopic (exact) mass is 455 g/mol. The Morgan fingerprint density at radius 1 is 0.970 bits per heavy atom. The van der Waals surface area contributed by atoms with Crippen LogP contribution in [0, 0.1) is 5.41 Å². The molecule has 172 valence electrons. The number of hydrogen-bond donors (Lipinski definition) is 1. The lowest BCUT2D eigenvalue weighted by molar-refractivity contribution is -0.137. The Labute approximate surface area is 189 Å². The quantitative estimate of drug-likeness (QED) is 0.641. The zero-order valence-electron chi connectivity index (χ0n) is 18.2. The van der Waals surface area contributed by atoms with Crippen molar-refractivity contribution in [1.82, 2.24) is 20.1 Å². The fraction of sp³-hybridized carbons (Fsp3) is 0.375. The third kappa shape index (κ3) is 3.85. The Hall–Kier alpha value is -3.36. The third-order valence-electron chi connectivity index (χ3n) is 6.86. The molecule has 2 saturated heterocycles. The highest BCUT2D eigenvalue weighted by molar-refractivity contribution is 5.86. The van der Waals surface area contributed by atoms with Gasteiger partial charge in [-0.25, -0.2) is 0 Å². The molecule has 4 heterocycles. The number of hydrogen-bond acceptors (Lipinski definition) is 4. The van der Waals surface area contributed by atoms with Crippen molar-refractivity contribution in [1.29, 1.82) is 0 Å². The van der Waals surface area contributed by atoms with Crippen LogP contribution in [0.5, 0.6) is 0 Å². The summed E-state index contributed by atoms with van der Waals surface area (Å²) in [5.74, 6) is 0.0270. The van der Waals surface area contributed by atoms with Crippen molar-refractivity contribution >= 4 is 11.6 Å². The molecule has 2 aliphatic heterocycles. The van der Waals surface area contributed by atoms with Gasteiger partial charge >= 0.3 is 6.18 Å². The normalized spacial score (nSPS) is 18.1. The molecule has 0 bridgehead atoms. The number of anilines is 1. The summed E-state index contributed by atoms with van der Waals surface area (Å²) in [6.45, 7) is 1.42. The first-order valence-electron chi connectivity index (χ1n) is 10.9. The number of piperidine rings is 1. The van der Waals surface area contributed by atoms with Crippen molar-refractivity contribution in [2.45, 2.75) is 25.4 Å². The number of pyridine rings is 1. The number of rotatable bonds is 3. The van der Waals surface area contributed by atoms with E-state index >= 15 is 0 Å². The zero-order chi connectivity index (χ0) is 23.2. The molecule has 0 unspecified atom stereocenters. The number of nitrogens with zero attached hydrogens (tertiary/aromatic N) is 4. The number of carbonyl (C=O) groups excluding carboxylic acids is 1. The maximum Gasteiger partial charge on any atom is 0.419 e. The van der Waals surface area contributed by atoms with Gasteiger partial charge in [-0.1, -0.05) is 24.3 Å². The van der Waals surface area contributed by atoms with Gasteiger partial charge in [0.2, 0.25) is 5.91 Å². The summed E-state index contributed by atoms with van der Waals surface area (Å²) in [7, 11) is 1.83. The SMILES string of the molecule is Cn1cc(-c2ccc(-c3cncc(C(F)(F)F)c3N3CCC4(CCNC4=O)CC3)cc2)cn1. The number of amides is 1. The summed E-state index contributed by atoms with van der Waals surface area (Å²) in [5, 5.41) is 7.04. The molecule has 1 spiro atoms. The molecule has 0 aliphatic carbocycles. The highest BCUT2D eigenvalue weighted by atomic mass is 19.4. The van der Waals surface area contributed by atoms with Crippen LogP contribution in [0.4, 0.5) is 18.9 Å². The molecule has 0 saturated carbocycles. The lowest BCUT2D eigenvalue weighted by atomic mass is 9.77. The van der Waals surface area contributed by atoms with Crippen molar-refractivity contribution in [2.75, 3.05) is 24.5 Å². The van der Waals surface area contributed by atoms with Crippen LogP contribution < -0.4 is 10.2 Å². The predicted molar refractivity (Wildman–Crippen MR) is 118 cm³/mol. The maximum atomic E-state index is 14.0. The fourth-order valence-corrected chi connectivity index (χ4v) is 4.98. The average molecular weight is 455 g/mol. The summed E-state index contributed by atoms with van der Waals surface area (Å²) in [6.07, 6.45) is 3.31. The van der Waals surface area contributed by atoms with Gasteiger partial charge in [0.1, 0.15) is 0 Å². The van der Waals surface area contributed by atoms with E-state index in [1.54, 1.807) is 15.8 Å². The van der Waals surface area contributed by atoms with E-state index in [0.717, 1.165) is 23.7 Å². The molecular formula is C24H24F3N5O. The fourth-order valence-electron chi connectivity index (χ4n) is 4.98. The van der Waals surface area contributed by atoms with Gasteiger partial charge in [0.15, 0.2) is 0 Å². The van der Waals surface area contributed by atoms with E-state index in [4.69, 9.17) is 0 Å². The second kappa shape index (κ2) is 7.90. The molecule has 2 fully saturated rings. The molecule has 2 aromatic heterocycles. The van der Waals surface area contributed by atoms with E-state index < -0.39 is 17.2 Å². The number of benzene rings is 1. The molecule has 0 radical (unpaired) electrons. The summed E-state index contributed by atoms with van der Waals surface area (Å²) in [5.41, 5.74) is 1.91. The number of alkyl halides is 3. The number of halogens is 3. The Morgan fingerprint density at radius 3 is 2.24 bits per heavy atom. The van der Waals surface area contributed by atoms with Gasteiger partial charge in [0.05, 0.1) is 22.9 Å². The van der Waals surface area contributed by atoms with Crippen LogP contribution in [0.15, 0.2) is 49.1 Å². The van der Waals surface area contributed by atoms with Crippen LogP contribution in [-0.4, -0.2) is 40.3 Å². The van der Waals surface area contributed by atoms with Crippen LogP contribution >= 0.6 is 0 Å². The van der Waals surface area contributed by atoms with Gasteiger partial charge in [0, 0.05) is 56.4 Å². The van der Waals surface area contributed by atoms with Gasteiger partial charge in [-0.3, -0.25) is 14.5 Å². The third-order valence-corrected chi connectivity index (χ3v) is 6.86. The maximum absolute atomic E-state index is 14.0. The molecule has 9 heteroatoms. The summed E-state index contributed by atoms with van der Waals surface area (Å²) < 4.78 is 43.7. The molecule has 1 aromatic carbocycles. The van der Waals surface area contributed by atoms with Gasteiger partial charge in [0.25, 0.3) is 0 Å². The molecular weight excluding hydrogens is 431 g/mol. The second-order valence-electron chi connectivity index (χ2n) is 8.83. The smallest absolute Gasteiger partial charge is 0.370 e.